The molecule has 0 unspecified atom stereocenters. The third-order valence-electron chi connectivity index (χ3n) is 3.33. The maximum absolute atomic E-state index is 12.7. The van der Waals surface area contributed by atoms with E-state index in [9.17, 15) is 4.79 Å². The molecule has 2 aromatic rings. The molecule has 5 heteroatoms. The molecule has 0 aliphatic carbocycles. The number of carbonyl (C=O) groups is 1. The first-order chi connectivity index (χ1) is 10.4. The molecule has 0 saturated heterocycles. The molecule has 0 spiro atoms. The zero-order valence-electron chi connectivity index (χ0n) is 13.4. The fraction of sp³-hybridized carbons (Fsp3) is 0.412. The monoisotopic (exact) mass is 380 g/mol. The largest absolute Gasteiger partial charge is 0.337 e. The Morgan fingerprint density at radius 2 is 2.05 bits per heavy atom. The van der Waals surface area contributed by atoms with E-state index in [0.29, 0.717) is 12.5 Å². The van der Waals surface area contributed by atoms with Gasteiger partial charge in [0.2, 0.25) is 0 Å². The highest BCUT2D eigenvalue weighted by atomic mass is 79.9. The average molecular weight is 381 g/mol. The van der Waals surface area contributed by atoms with Crippen LogP contribution in [0.4, 0.5) is 0 Å². The summed E-state index contributed by atoms with van der Waals surface area (Å²) in [4.78, 5) is 19.7. The molecule has 0 fully saturated rings. The van der Waals surface area contributed by atoms with Crippen LogP contribution in [0.5, 0.6) is 0 Å². The van der Waals surface area contributed by atoms with E-state index in [0.717, 1.165) is 32.0 Å². The number of hydrogen-bond acceptors (Lipinski definition) is 3. The molecule has 1 aromatic carbocycles. The average Bonchev–Trinajstić information content (AvgIpc) is 2.80. The van der Waals surface area contributed by atoms with Crippen LogP contribution >= 0.6 is 27.3 Å². The summed E-state index contributed by atoms with van der Waals surface area (Å²) in [6.45, 7) is 6.82. The molecule has 118 valence electrons. The maximum atomic E-state index is 12.7. The van der Waals surface area contributed by atoms with Crippen molar-refractivity contribution >= 4 is 33.2 Å². The van der Waals surface area contributed by atoms with Gasteiger partial charge in [0.25, 0.3) is 5.91 Å². The van der Waals surface area contributed by atoms with Gasteiger partial charge in [0.15, 0.2) is 0 Å². The molecule has 0 aliphatic rings. The predicted molar refractivity (Wildman–Crippen MR) is 95.3 cm³/mol. The van der Waals surface area contributed by atoms with Crippen molar-refractivity contribution in [1.82, 2.24) is 9.88 Å². The maximum Gasteiger partial charge on any atom is 0.265 e. The summed E-state index contributed by atoms with van der Waals surface area (Å²) in [6.07, 6.45) is 0.923. The van der Waals surface area contributed by atoms with Crippen LogP contribution in [-0.4, -0.2) is 22.8 Å². The molecule has 0 atom stereocenters. The van der Waals surface area contributed by atoms with Gasteiger partial charge >= 0.3 is 0 Å². The lowest BCUT2D eigenvalue weighted by Gasteiger charge is -2.17. The molecular formula is C17H21BrN2OS. The van der Waals surface area contributed by atoms with E-state index in [1.54, 1.807) is 4.90 Å². The molecule has 0 aliphatic heterocycles. The van der Waals surface area contributed by atoms with Gasteiger partial charge in [-0.25, -0.2) is 4.98 Å². The van der Waals surface area contributed by atoms with Gasteiger partial charge in [0.1, 0.15) is 4.88 Å². The van der Waals surface area contributed by atoms with E-state index < -0.39 is 0 Å². The lowest BCUT2D eigenvalue weighted by atomic mass is 10.1. The Morgan fingerprint density at radius 3 is 2.68 bits per heavy atom. The lowest BCUT2D eigenvalue weighted by molar-refractivity contribution is 0.0788. The number of rotatable bonds is 5. The minimum absolute atomic E-state index is 0.0424. The van der Waals surface area contributed by atoms with Crippen LogP contribution in [0.3, 0.4) is 0 Å². The normalized spacial score (nSPS) is 11.0. The van der Waals surface area contributed by atoms with E-state index in [1.165, 1.54) is 11.3 Å². The fourth-order valence-corrected chi connectivity index (χ4v) is 3.90. The second-order valence-electron chi connectivity index (χ2n) is 5.87. The smallest absolute Gasteiger partial charge is 0.265 e. The number of halogens is 1. The summed E-state index contributed by atoms with van der Waals surface area (Å²) in [5.41, 5.74) is 1.94. The van der Waals surface area contributed by atoms with E-state index in [-0.39, 0.29) is 5.91 Å². The molecule has 0 bridgehead atoms. The van der Waals surface area contributed by atoms with E-state index >= 15 is 0 Å². The molecule has 3 nitrogen and oxygen atoms in total. The number of aromatic nitrogens is 1. The fourth-order valence-electron chi connectivity index (χ4n) is 2.21. The minimum Gasteiger partial charge on any atom is -0.337 e. The van der Waals surface area contributed by atoms with Crippen LogP contribution in [0.2, 0.25) is 0 Å². The number of hydrogen-bond donors (Lipinski definition) is 0. The van der Waals surface area contributed by atoms with Gasteiger partial charge in [-0.05, 0) is 24.5 Å². The van der Waals surface area contributed by atoms with Crippen LogP contribution in [0, 0.1) is 12.8 Å². The topological polar surface area (TPSA) is 33.2 Å². The summed E-state index contributed by atoms with van der Waals surface area (Å²) in [6, 6.07) is 7.97. The highest BCUT2D eigenvalue weighted by Gasteiger charge is 2.20. The van der Waals surface area contributed by atoms with Gasteiger partial charge in [-0.1, -0.05) is 48.0 Å². The van der Waals surface area contributed by atoms with Crippen molar-refractivity contribution in [3.8, 4) is 0 Å². The van der Waals surface area contributed by atoms with Crippen molar-refractivity contribution in [3.05, 3.63) is 49.9 Å². The van der Waals surface area contributed by atoms with Gasteiger partial charge in [-0.2, -0.15) is 0 Å². The summed E-state index contributed by atoms with van der Waals surface area (Å²) in [7, 11) is 1.84. The molecular weight excluding hydrogens is 360 g/mol. The Balaban J connectivity index is 2.14. The van der Waals surface area contributed by atoms with Crippen molar-refractivity contribution in [2.45, 2.75) is 33.7 Å². The number of nitrogens with zero attached hydrogens (tertiary/aromatic N) is 2. The molecule has 0 radical (unpaired) electrons. The van der Waals surface area contributed by atoms with E-state index in [2.05, 4.69) is 34.8 Å². The van der Waals surface area contributed by atoms with Crippen molar-refractivity contribution in [2.24, 2.45) is 5.92 Å². The Bertz CT molecular complexity index is 666. The van der Waals surface area contributed by atoms with Gasteiger partial charge in [0.05, 0.1) is 10.7 Å². The second kappa shape index (κ2) is 7.38. The highest BCUT2D eigenvalue weighted by Crippen LogP contribution is 2.24. The Hall–Kier alpha value is -1.20. The first-order valence-corrected chi connectivity index (χ1v) is 8.94. The number of amides is 1. The molecule has 22 heavy (non-hydrogen) atoms. The van der Waals surface area contributed by atoms with Gasteiger partial charge in [-0.3, -0.25) is 4.79 Å². The third-order valence-corrected chi connectivity index (χ3v) is 5.27. The molecule has 1 heterocycles. The number of benzene rings is 1. The Morgan fingerprint density at radius 1 is 1.36 bits per heavy atom. The molecule has 1 aromatic heterocycles. The summed E-state index contributed by atoms with van der Waals surface area (Å²) in [5.74, 6) is 0.590. The standard InChI is InChI=1S/C17H21BrN2OS/c1-11(2)9-15-19-12(3)16(22-15)17(21)20(4)10-13-7-5-6-8-14(13)18/h5-8,11H,9-10H2,1-4H3. The van der Waals surface area contributed by atoms with Crippen molar-refractivity contribution in [1.29, 1.82) is 0 Å². The summed E-state index contributed by atoms with van der Waals surface area (Å²) < 4.78 is 1.02. The molecule has 2 rings (SSSR count). The molecule has 0 saturated carbocycles. The first kappa shape index (κ1) is 17.2. The van der Waals surface area contributed by atoms with Crippen LogP contribution < -0.4 is 0 Å². The Labute approximate surface area is 144 Å². The number of thiazole rings is 1. The van der Waals surface area contributed by atoms with Gasteiger partial charge in [0, 0.05) is 24.5 Å². The zero-order chi connectivity index (χ0) is 16.3. The Kier molecular flexibility index (Phi) is 5.75. The van der Waals surface area contributed by atoms with Gasteiger partial charge < -0.3 is 4.90 Å². The summed E-state index contributed by atoms with van der Waals surface area (Å²) >= 11 is 5.05. The van der Waals surface area contributed by atoms with Gasteiger partial charge in [-0.15, -0.1) is 11.3 Å². The SMILES string of the molecule is Cc1nc(CC(C)C)sc1C(=O)N(C)Cc1ccccc1Br. The van der Waals surface area contributed by atoms with Crippen LogP contribution in [0.25, 0.3) is 0 Å². The zero-order valence-corrected chi connectivity index (χ0v) is 15.8. The highest BCUT2D eigenvalue weighted by molar-refractivity contribution is 9.10. The number of carbonyl (C=O) groups excluding carboxylic acids is 1. The second-order valence-corrected chi connectivity index (χ2v) is 7.81. The predicted octanol–water partition coefficient (Wildman–Crippen LogP) is 4.68. The first-order valence-electron chi connectivity index (χ1n) is 7.33. The molecule has 1 amide bonds. The summed E-state index contributed by atoms with van der Waals surface area (Å²) in [5, 5.41) is 1.05. The van der Waals surface area contributed by atoms with Crippen molar-refractivity contribution < 1.29 is 4.79 Å². The van der Waals surface area contributed by atoms with Crippen LogP contribution in [0.15, 0.2) is 28.7 Å². The third kappa shape index (κ3) is 4.17. The van der Waals surface area contributed by atoms with E-state index in [4.69, 9.17) is 0 Å². The lowest BCUT2D eigenvalue weighted by Crippen LogP contribution is -2.26. The quantitative estimate of drug-likeness (QED) is 0.753. The van der Waals surface area contributed by atoms with Crippen molar-refractivity contribution in [3.63, 3.8) is 0 Å². The van der Waals surface area contributed by atoms with Crippen molar-refractivity contribution in [2.75, 3.05) is 7.05 Å². The van der Waals surface area contributed by atoms with E-state index in [1.807, 2.05) is 38.2 Å². The molecule has 0 N–H and O–H groups in total. The van der Waals surface area contributed by atoms with Crippen LogP contribution in [-0.2, 0) is 13.0 Å². The van der Waals surface area contributed by atoms with Crippen LogP contribution in [0.1, 0.15) is 39.8 Å². The number of aryl methyl sites for hydroxylation is 1. The minimum atomic E-state index is 0.0424.